The number of thioether (sulfide) groups is 1. The Bertz CT molecular complexity index is 528. The van der Waals surface area contributed by atoms with Gasteiger partial charge in [-0.25, -0.2) is 4.68 Å². The van der Waals surface area contributed by atoms with Crippen molar-refractivity contribution in [1.29, 1.82) is 0 Å². The molecule has 114 valence electrons. The predicted molar refractivity (Wildman–Crippen MR) is 86.0 cm³/mol. The SMILES string of the molecule is CCCCCSc1nc(NCCC)nc(-n2cccn2)n1. The second-order valence-corrected chi connectivity index (χ2v) is 5.74. The molecule has 0 aromatic carbocycles. The Labute approximate surface area is 129 Å². The Morgan fingerprint density at radius 1 is 1.14 bits per heavy atom. The number of hydrogen-bond acceptors (Lipinski definition) is 6. The van der Waals surface area contributed by atoms with Gasteiger partial charge in [-0.3, -0.25) is 0 Å². The van der Waals surface area contributed by atoms with E-state index in [1.165, 1.54) is 19.3 Å². The van der Waals surface area contributed by atoms with Crippen molar-refractivity contribution in [2.45, 2.75) is 44.7 Å². The van der Waals surface area contributed by atoms with Crippen molar-refractivity contribution in [3.05, 3.63) is 18.5 Å². The van der Waals surface area contributed by atoms with Gasteiger partial charge < -0.3 is 5.32 Å². The van der Waals surface area contributed by atoms with Gasteiger partial charge in [-0.1, -0.05) is 38.5 Å². The molecule has 0 unspecified atom stereocenters. The molecule has 0 fully saturated rings. The summed E-state index contributed by atoms with van der Waals surface area (Å²) in [6.07, 6.45) is 8.23. The highest BCUT2D eigenvalue weighted by Gasteiger charge is 2.08. The Hall–Kier alpha value is -1.63. The fraction of sp³-hybridized carbons (Fsp3) is 0.571. The van der Waals surface area contributed by atoms with Crippen LogP contribution in [-0.4, -0.2) is 37.0 Å². The lowest BCUT2D eigenvalue weighted by Crippen LogP contribution is -2.10. The molecule has 0 aliphatic carbocycles. The molecular weight excluding hydrogens is 284 g/mol. The van der Waals surface area contributed by atoms with Gasteiger partial charge in [0, 0.05) is 24.7 Å². The standard InChI is InChI=1S/C14H22N6S/c1-3-5-6-11-21-14-18-12(15-8-4-2)17-13(19-14)20-10-7-9-16-20/h7,9-10H,3-6,8,11H2,1-2H3,(H,15,17,18,19). The van der Waals surface area contributed by atoms with Crippen LogP contribution >= 0.6 is 11.8 Å². The van der Waals surface area contributed by atoms with Crippen molar-refractivity contribution in [3.8, 4) is 5.95 Å². The van der Waals surface area contributed by atoms with Crippen LogP contribution in [0, 0.1) is 0 Å². The molecule has 1 N–H and O–H groups in total. The van der Waals surface area contributed by atoms with Gasteiger partial charge in [0.2, 0.25) is 5.95 Å². The van der Waals surface area contributed by atoms with Crippen molar-refractivity contribution >= 4 is 17.7 Å². The van der Waals surface area contributed by atoms with Gasteiger partial charge in [-0.2, -0.15) is 20.1 Å². The Kier molecular flexibility index (Phi) is 6.46. The van der Waals surface area contributed by atoms with E-state index in [0.717, 1.165) is 23.9 Å². The lowest BCUT2D eigenvalue weighted by atomic mass is 10.3. The first-order valence-corrected chi connectivity index (χ1v) is 8.44. The summed E-state index contributed by atoms with van der Waals surface area (Å²) in [5.41, 5.74) is 0. The van der Waals surface area contributed by atoms with Crippen LogP contribution in [0.5, 0.6) is 0 Å². The summed E-state index contributed by atoms with van der Waals surface area (Å²) >= 11 is 1.68. The van der Waals surface area contributed by atoms with E-state index in [-0.39, 0.29) is 0 Å². The maximum Gasteiger partial charge on any atom is 0.256 e. The third-order valence-electron chi connectivity index (χ3n) is 2.82. The summed E-state index contributed by atoms with van der Waals surface area (Å²) in [6, 6.07) is 1.86. The van der Waals surface area contributed by atoms with Gasteiger partial charge in [-0.15, -0.1) is 0 Å². The number of hydrogen-bond donors (Lipinski definition) is 1. The minimum Gasteiger partial charge on any atom is -0.354 e. The van der Waals surface area contributed by atoms with Crippen LogP contribution in [0.25, 0.3) is 5.95 Å². The molecule has 21 heavy (non-hydrogen) atoms. The highest BCUT2D eigenvalue weighted by molar-refractivity contribution is 7.99. The minimum absolute atomic E-state index is 0.562. The average Bonchev–Trinajstić information content (AvgIpc) is 3.04. The van der Waals surface area contributed by atoms with Crippen LogP contribution in [0.3, 0.4) is 0 Å². The van der Waals surface area contributed by atoms with Crippen LogP contribution in [-0.2, 0) is 0 Å². The second-order valence-electron chi connectivity index (χ2n) is 4.67. The lowest BCUT2D eigenvalue weighted by Gasteiger charge is -2.08. The fourth-order valence-corrected chi connectivity index (χ4v) is 2.56. The number of anilines is 1. The third-order valence-corrected chi connectivity index (χ3v) is 3.76. The number of aromatic nitrogens is 5. The van der Waals surface area contributed by atoms with Crippen molar-refractivity contribution in [2.24, 2.45) is 0 Å². The zero-order chi connectivity index (χ0) is 14.9. The quantitative estimate of drug-likeness (QED) is 0.567. The third kappa shape index (κ3) is 5.00. The highest BCUT2D eigenvalue weighted by Crippen LogP contribution is 2.18. The molecule has 0 spiro atoms. The smallest absolute Gasteiger partial charge is 0.256 e. The summed E-state index contributed by atoms with van der Waals surface area (Å²) in [4.78, 5) is 13.4. The van der Waals surface area contributed by atoms with Crippen LogP contribution in [0.15, 0.2) is 23.6 Å². The molecule has 0 amide bonds. The molecule has 2 heterocycles. The number of rotatable bonds is 9. The van der Waals surface area contributed by atoms with Gasteiger partial charge in [0.05, 0.1) is 0 Å². The first-order valence-electron chi connectivity index (χ1n) is 7.46. The molecule has 0 aliphatic heterocycles. The molecule has 2 aromatic rings. The zero-order valence-electron chi connectivity index (χ0n) is 12.6. The van der Waals surface area contributed by atoms with Crippen molar-refractivity contribution in [2.75, 3.05) is 17.6 Å². The van der Waals surface area contributed by atoms with E-state index in [9.17, 15) is 0 Å². The van der Waals surface area contributed by atoms with E-state index < -0.39 is 0 Å². The number of nitrogens with one attached hydrogen (secondary N) is 1. The molecule has 0 saturated carbocycles. The van der Waals surface area contributed by atoms with Gasteiger partial charge in [0.25, 0.3) is 5.95 Å². The Morgan fingerprint density at radius 3 is 2.76 bits per heavy atom. The summed E-state index contributed by atoms with van der Waals surface area (Å²) in [7, 11) is 0. The molecule has 0 saturated heterocycles. The average molecular weight is 306 g/mol. The summed E-state index contributed by atoms with van der Waals surface area (Å²) in [5.74, 6) is 2.21. The van der Waals surface area contributed by atoms with E-state index in [4.69, 9.17) is 0 Å². The van der Waals surface area contributed by atoms with E-state index in [2.05, 4.69) is 39.2 Å². The van der Waals surface area contributed by atoms with Gasteiger partial charge in [0.15, 0.2) is 5.16 Å². The minimum atomic E-state index is 0.562. The van der Waals surface area contributed by atoms with Crippen LogP contribution in [0.1, 0.15) is 39.5 Å². The largest absolute Gasteiger partial charge is 0.354 e. The first kappa shape index (κ1) is 15.8. The molecule has 2 rings (SSSR count). The molecular formula is C14H22N6S. The summed E-state index contributed by atoms with van der Waals surface area (Å²) in [5, 5.41) is 8.16. The molecule has 0 radical (unpaired) electrons. The lowest BCUT2D eigenvalue weighted by molar-refractivity contribution is 0.753. The van der Waals surface area contributed by atoms with Crippen LogP contribution in [0.2, 0.25) is 0 Å². The first-order chi connectivity index (χ1) is 10.3. The molecule has 0 atom stereocenters. The van der Waals surface area contributed by atoms with E-state index in [1.54, 1.807) is 22.6 Å². The number of unbranched alkanes of at least 4 members (excludes halogenated alkanes) is 2. The monoisotopic (exact) mass is 306 g/mol. The van der Waals surface area contributed by atoms with Crippen LogP contribution < -0.4 is 5.32 Å². The normalized spacial score (nSPS) is 10.8. The molecule has 0 bridgehead atoms. The van der Waals surface area contributed by atoms with Crippen molar-refractivity contribution in [1.82, 2.24) is 24.7 Å². The maximum atomic E-state index is 4.48. The second kappa shape index (κ2) is 8.61. The van der Waals surface area contributed by atoms with Gasteiger partial charge in [-0.05, 0) is 18.9 Å². The number of nitrogens with zero attached hydrogens (tertiary/aromatic N) is 5. The zero-order valence-corrected chi connectivity index (χ0v) is 13.4. The van der Waals surface area contributed by atoms with E-state index >= 15 is 0 Å². The molecule has 6 nitrogen and oxygen atoms in total. The van der Waals surface area contributed by atoms with Gasteiger partial charge >= 0.3 is 0 Å². The van der Waals surface area contributed by atoms with Crippen molar-refractivity contribution < 1.29 is 0 Å². The van der Waals surface area contributed by atoms with Gasteiger partial charge in [0.1, 0.15) is 0 Å². The maximum absolute atomic E-state index is 4.48. The Balaban J connectivity index is 2.12. The molecule has 7 heteroatoms. The summed E-state index contributed by atoms with van der Waals surface area (Å²) < 4.78 is 1.66. The summed E-state index contributed by atoms with van der Waals surface area (Å²) in [6.45, 7) is 5.17. The van der Waals surface area contributed by atoms with Crippen LogP contribution in [0.4, 0.5) is 5.95 Å². The van der Waals surface area contributed by atoms with E-state index in [1.807, 2.05) is 12.3 Å². The highest BCUT2D eigenvalue weighted by atomic mass is 32.2. The predicted octanol–water partition coefficient (Wildman–Crippen LogP) is 3.16. The van der Waals surface area contributed by atoms with Crippen molar-refractivity contribution in [3.63, 3.8) is 0 Å². The molecule has 0 aliphatic rings. The topological polar surface area (TPSA) is 68.5 Å². The Morgan fingerprint density at radius 2 is 2.05 bits per heavy atom. The molecule has 2 aromatic heterocycles. The van der Waals surface area contributed by atoms with E-state index in [0.29, 0.717) is 11.9 Å². The fourth-order valence-electron chi connectivity index (χ4n) is 1.73.